The largest absolute Gasteiger partial charge is 0.481 e. The topological polar surface area (TPSA) is 200 Å². The molecule has 12 heteroatoms. The molecule has 0 radical (unpaired) electrons. The molecule has 1 aliphatic heterocycles. The molecule has 3 atom stereocenters. The van der Waals surface area contributed by atoms with Gasteiger partial charge in [0.25, 0.3) is 5.56 Å². The molecule has 2 aromatic rings. The van der Waals surface area contributed by atoms with E-state index in [4.69, 9.17) is 20.4 Å². The summed E-state index contributed by atoms with van der Waals surface area (Å²) in [5, 5.41) is 43.0. The Bertz CT molecular complexity index is 879. The molecule has 154 valence electrons. The van der Waals surface area contributed by atoms with E-state index in [1.807, 2.05) is 0 Å². The molecule has 0 bridgehead atoms. The van der Waals surface area contributed by atoms with Gasteiger partial charge in [0.15, 0.2) is 6.10 Å². The lowest BCUT2D eigenvalue weighted by Gasteiger charge is -2.13. The van der Waals surface area contributed by atoms with Gasteiger partial charge in [-0.25, -0.2) is 9.78 Å². The summed E-state index contributed by atoms with van der Waals surface area (Å²) >= 11 is 0. The van der Waals surface area contributed by atoms with Crippen molar-refractivity contribution in [2.45, 2.75) is 25.2 Å². The number of H-pyrrole nitrogens is 2. The van der Waals surface area contributed by atoms with Crippen LogP contribution in [0.1, 0.15) is 12.0 Å². The number of nitrogens with one attached hydrogen (secondary N) is 2. The fraction of sp³-hybridized carbons (Fsp3) is 0.500. The third-order valence-electron chi connectivity index (χ3n) is 4.31. The van der Waals surface area contributed by atoms with Crippen LogP contribution < -0.4 is 5.56 Å². The maximum atomic E-state index is 11.6. The molecule has 1 saturated heterocycles. The van der Waals surface area contributed by atoms with E-state index in [1.54, 1.807) is 6.20 Å². The van der Waals surface area contributed by atoms with Gasteiger partial charge in [-0.15, -0.1) is 0 Å². The van der Waals surface area contributed by atoms with Crippen LogP contribution >= 0.6 is 0 Å². The number of carboxylic acids is 2. The van der Waals surface area contributed by atoms with Gasteiger partial charge < -0.3 is 35.5 Å². The minimum absolute atomic E-state index is 0.0104. The fourth-order valence-corrected chi connectivity index (χ4v) is 2.87. The third kappa shape index (κ3) is 5.36. The number of hydrogen-bond donors (Lipinski definition) is 7. The highest BCUT2D eigenvalue weighted by atomic mass is 16.4. The summed E-state index contributed by atoms with van der Waals surface area (Å²) in [6.45, 7) is 1.77. The van der Waals surface area contributed by atoms with E-state index >= 15 is 0 Å². The Hall–Kier alpha value is -2.80. The number of rotatable bonds is 6. The van der Waals surface area contributed by atoms with Gasteiger partial charge in [0.2, 0.25) is 0 Å². The first-order valence-corrected chi connectivity index (χ1v) is 8.40. The first-order valence-electron chi connectivity index (χ1n) is 8.40. The van der Waals surface area contributed by atoms with Crippen molar-refractivity contribution < 1.29 is 35.1 Å². The van der Waals surface area contributed by atoms with Crippen LogP contribution in [0.4, 0.5) is 0 Å². The Morgan fingerprint density at radius 1 is 1.29 bits per heavy atom. The maximum Gasteiger partial charge on any atom is 0.333 e. The summed E-state index contributed by atoms with van der Waals surface area (Å²) in [4.78, 5) is 42.6. The molecule has 0 aromatic carbocycles. The average Bonchev–Trinajstić information content (AvgIpc) is 3.19. The van der Waals surface area contributed by atoms with Gasteiger partial charge in [0, 0.05) is 43.9 Å². The normalized spacial score (nSPS) is 20.5. The molecular weight excluding hydrogens is 376 g/mol. The zero-order valence-electron chi connectivity index (χ0n) is 14.8. The van der Waals surface area contributed by atoms with Gasteiger partial charge in [-0.1, -0.05) is 0 Å². The molecule has 0 amide bonds. The van der Waals surface area contributed by atoms with E-state index in [1.165, 1.54) is 6.33 Å². The van der Waals surface area contributed by atoms with Crippen molar-refractivity contribution in [2.75, 3.05) is 19.7 Å². The van der Waals surface area contributed by atoms with Crippen LogP contribution in [0.5, 0.6) is 0 Å². The van der Waals surface area contributed by atoms with Crippen molar-refractivity contribution in [3.8, 4) is 0 Å². The molecule has 2 aromatic heterocycles. The minimum Gasteiger partial charge on any atom is -0.481 e. The van der Waals surface area contributed by atoms with Crippen LogP contribution in [0.25, 0.3) is 11.0 Å². The first-order chi connectivity index (χ1) is 13.2. The van der Waals surface area contributed by atoms with Gasteiger partial charge in [0.05, 0.1) is 24.4 Å². The highest BCUT2D eigenvalue weighted by Gasteiger charge is 2.31. The van der Waals surface area contributed by atoms with Crippen molar-refractivity contribution in [2.24, 2.45) is 5.92 Å². The van der Waals surface area contributed by atoms with E-state index in [9.17, 15) is 19.5 Å². The van der Waals surface area contributed by atoms with Gasteiger partial charge in [0.1, 0.15) is 5.52 Å². The molecule has 28 heavy (non-hydrogen) atoms. The van der Waals surface area contributed by atoms with Gasteiger partial charge in [-0.05, 0) is 0 Å². The molecule has 0 saturated carbocycles. The molecule has 7 N–H and O–H groups in total. The second-order valence-corrected chi connectivity index (χ2v) is 6.43. The number of aliphatic hydroxyl groups is 3. The summed E-state index contributed by atoms with van der Waals surface area (Å²) < 4.78 is 0. The smallest absolute Gasteiger partial charge is 0.333 e. The van der Waals surface area contributed by atoms with Crippen molar-refractivity contribution in [1.29, 1.82) is 0 Å². The molecule has 0 spiro atoms. The van der Waals surface area contributed by atoms with E-state index in [0.717, 1.165) is 5.56 Å². The van der Waals surface area contributed by atoms with Crippen molar-refractivity contribution in [3.05, 3.63) is 28.4 Å². The first kappa shape index (κ1) is 21.5. The van der Waals surface area contributed by atoms with Gasteiger partial charge >= 0.3 is 11.9 Å². The standard InChI is InChI=1S/C12H16N4O3.C4H6O5/c17-5-8-3-16(4-9(8)18)2-7-1-13-11-10(7)14-6-15-12(11)19;5-2(4(8)9)1-3(6)7/h1,6,8-9,13,17-18H,2-5H2,(H,14,15,19);2,5H,1H2,(H,6,7)(H,8,9)/t8-,9+;2-/m10/s1. The molecule has 3 rings (SSSR count). The maximum absolute atomic E-state index is 11.6. The molecule has 3 heterocycles. The Kier molecular flexibility index (Phi) is 7.23. The SMILES string of the molecule is O=C(O)C[C@H](O)C(=O)O.O=c1[nH]cnc2c(CN3C[C@H](CO)[C@@H](O)C3)c[nH]c12. The number of β-amino-alcohol motifs (C(OH)–C–C–N with tert-alkyl or cyclic N) is 1. The summed E-state index contributed by atoms with van der Waals surface area (Å²) in [6, 6.07) is 0. The minimum atomic E-state index is -1.79. The molecule has 12 nitrogen and oxygen atoms in total. The van der Waals surface area contributed by atoms with Crippen molar-refractivity contribution in [1.82, 2.24) is 19.9 Å². The van der Waals surface area contributed by atoms with Crippen LogP contribution in [0.3, 0.4) is 0 Å². The van der Waals surface area contributed by atoms with Crippen molar-refractivity contribution >= 4 is 23.0 Å². The predicted octanol–water partition coefficient (Wildman–Crippen LogP) is -2.06. The Morgan fingerprint density at radius 3 is 2.54 bits per heavy atom. The lowest BCUT2D eigenvalue weighted by atomic mass is 10.1. The molecule has 0 aliphatic carbocycles. The van der Waals surface area contributed by atoms with E-state index in [0.29, 0.717) is 30.7 Å². The van der Waals surface area contributed by atoms with Gasteiger partial charge in [-0.3, -0.25) is 14.5 Å². The zero-order chi connectivity index (χ0) is 20.8. The lowest BCUT2D eigenvalue weighted by molar-refractivity contribution is -0.152. The zero-order valence-corrected chi connectivity index (χ0v) is 14.8. The highest BCUT2D eigenvalue weighted by Crippen LogP contribution is 2.21. The second kappa shape index (κ2) is 9.41. The molecular formula is C16H22N4O8. The van der Waals surface area contributed by atoms with Gasteiger partial charge in [-0.2, -0.15) is 0 Å². The Balaban J connectivity index is 0.000000266. The number of aliphatic hydroxyl groups excluding tert-OH is 3. The fourth-order valence-electron chi connectivity index (χ4n) is 2.87. The van der Waals surface area contributed by atoms with Crippen LogP contribution in [0.2, 0.25) is 0 Å². The molecule has 1 fully saturated rings. The van der Waals surface area contributed by atoms with E-state index < -0.39 is 30.6 Å². The third-order valence-corrected chi connectivity index (χ3v) is 4.31. The molecule has 0 unspecified atom stereocenters. The number of nitrogens with zero attached hydrogens (tertiary/aromatic N) is 2. The number of aromatic amines is 2. The Labute approximate surface area is 158 Å². The van der Waals surface area contributed by atoms with E-state index in [2.05, 4.69) is 19.9 Å². The number of hydrogen-bond acceptors (Lipinski definition) is 8. The number of aliphatic carboxylic acids is 2. The van der Waals surface area contributed by atoms with E-state index in [-0.39, 0.29) is 18.1 Å². The van der Waals surface area contributed by atoms with Crippen LogP contribution in [0.15, 0.2) is 17.3 Å². The average molecular weight is 398 g/mol. The number of likely N-dealkylation sites (tertiary alicyclic amines) is 1. The molecule has 1 aliphatic rings. The number of carboxylic acid groups (broad SMARTS) is 2. The highest BCUT2D eigenvalue weighted by molar-refractivity contribution is 5.79. The van der Waals surface area contributed by atoms with Crippen LogP contribution in [0, 0.1) is 5.92 Å². The predicted molar refractivity (Wildman–Crippen MR) is 94.5 cm³/mol. The summed E-state index contributed by atoms with van der Waals surface area (Å²) in [7, 11) is 0. The number of aromatic nitrogens is 3. The van der Waals surface area contributed by atoms with Crippen molar-refractivity contribution in [3.63, 3.8) is 0 Å². The van der Waals surface area contributed by atoms with Crippen LogP contribution in [-0.2, 0) is 16.1 Å². The number of fused-ring (bicyclic) bond motifs is 1. The Morgan fingerprint density at radius 2 is 2.00 bits per heavy atom. The number of carbonyl (C=O) groups is 2. The summed E-state index contributed by atoms with van der Waals surface area (Å²) in [5.41, 5.74) is 1.86. The lowest BCUT2D eigenvalue weighted by Crippen LogP contribution is -2.22. The monoisotopic (exact) mass is 398 g/mol. The summed E-state index contributed by atoms with van der Waals surface area (Å²) in [5.74, 6) is -2.94. The second-order valence-electron chi connectivity index (χ2n) is 6.43. The van der Waals surface area contributed by atoms with Crippen LogP contribution in [-0.4, -0.2) is 89.2 Å². The quantitative estimate of drug-likeness (QED) is 0.284. The summed E-state index contributed by atoms with van der Waals surface area (Å²) in [6.07, 6.45) is 0.118.